The molecule has 2 atom stereocenters. The highest BCUT2D eigenvalue weighted by atomic mass is 79.9. The first-order valence-corrected chi connectivity index (χ1v) is 7.95. The Morgan fingerprint density at radius 1 is 1.40 bits per heavy atom. The van der Waals surface area contributed by atoms with Crippen molar-refractivity contribution in [3.05, 3.63) is 28.2 Å². The number of carbonyl (C=O) groups excluding carboxylic acids is 1. The number of anilines is 1. The third kappa shape index (κ3) is 2.44. The first-order valence-electron chi connectivity index (χ1n) is 7.15. The Morgan fingerprint density at radius 2 is 2.20 bits per heavy atom. The second kappa shape index (κ2) is 5.37. The zero-order chi connectivity index (χ0) is 14.3. The number of hydrogen-bond donors (Lipinski definition) is 1. The Kier molecular flexibility index (Phi) is 3.73. The Bertz CT molecular complexity index is 532. The van der Waals surface area contributed by atoms with E-state index in [-0.39, 0.29) is 6.04 Å². The molecular weight excluding hydrogens is 318 g/mol. The standard InChI is InChI=1S/C15H20BrN3O/c1-10(17)11-2-4-14(13(16)8-11)18-6-7-19-12(9-18)3-5-15(19)20/h2,4,8,10,12H,3,5-7,9,17H2,1H3. The summed E-state index contributed by atoms with van der Waals surface area (Å²) < 4.78 is 1.09. The van der Waals surface area contributed by atoms with Gasteiger partial charge in [-0.2, -0.15) is 0 Å². The van der Waals surface area contributed by atoms with Crippen molar-refractivity contribution >= 4 is 27.5 Å². The number of nitrogens with two attached hydrogens (primary N) is 1. The van der Waals surface area contributed by atoms with Crippen molar-refractivity contribution in [1.82, 2.24) is 4.90 Å². The predicted molar refractivity (Wildman–Crippen MR) is 83.7 cm³/mol. The van der Waals surface area contributed by atoms with Gasteiger partial charge in [0.25, 0.3) is 0 Å². The summed E-state index contributed by atoms with van der Waals surface area (Å²) in [6, 6.07) is 6.76. The highest BCUT2D eigenvalue weighted by Crippen LogP contribution is 2.32. The normalized spacial score (nSPS) is 23.9. The lowest BCUT2D eigenvalue weighted by molar-refractivity contribution is -0.129. The van der Waals surface area contributed by atoms with E-state index in [4.69, 9.17) is 5.73 Å². The fourth-order valence-electron chi connectivity index (χ4n) is 3.15. The van der Waals surface area contributed by atoms with Crippen LogP contribution in [-0.4, -0.2) is 36.5 Å². The smallest absolute Gasteiger partial charge is 0.223 e. The molecule has 2 unspecified atom stereocenters. The fourth-order valence-corrected chi connectivity index (χ4v) is 3.79. The summed E-state index contributed by atoms with van der Waals surface area (Å²) in [7, 11) is 0. The van der Waals surface area contributed by atoms with Crippen LogP contribution in [0.5, 0.6) is 0 Å². The van der Waals surface area contributed by atoms with Gasteiger partial charge in [-0.05, 0) is 47.0 Å². The molecule has 3 rings (SSSR count). The van der Waals surface area contributed by atoms with E-state index in [1.807, 2.05) is 11.8 Å². The van der Waals surface area contributed by atoms with E-state index in [2.05, 4.69) is 39.0 Å². The van der Waals surface area contributed by atoms with Gasteiger partial charge in [-0.1, -0.05) is 6.07 Å². The van der Waals surface area contributed by atoms with Gasteiger partial charge in [0.2, 0.25) is 5.91 Å². The number of hydrogen-bond acceptors (Lipinski definition) is 3. The molecular formula is C15H20BrN3O. The molecule has 2 aliphatic heterocycles. The number of halogens is 1. The quantitative estimate of drug-likeness (QED) is 0.900. The number of fused-ring (bicyclic) bond motifs is 1. The van der Waals surface area contributed by atoms with Crippen LogP contribution in [0.25, 0.3) is 0 Å². The van der Waals surface area contributed by atoms with Crippen molar-refractivity contribution < 1.29 is 4.79 Å². The van der Waals surface area contributed by atoms with Crippen molar-refractivity contribution in [3.8, 4) is 0 Å². The minimum atomic E-state index is 0.0460. The molecule has 0 aromatic heterocycles. The van der Waals surface area contributed by atoms with Crippen LogP contribution in [0.2, 0.25) is 0 Å². The third-order valence-electron chi connectivity index (χ3n) is 4.33. The highest BCUT2D eigenvalue weighted by Gasteiger charge is 2.35. The van der Waals surface area contributed by atoms with E-state index in [0.717, 1.165) is 36.1 Å². The molecule has 2 heterocycles. The average Bonchev–Trinajstić information content (AvgIpc) is 2.79. The number of piperazine rings is 1. The molecule has 2 fully saturated rings. The maximum Gasteiger partial charge on any atom is 0.223 e. The summed E-state index contributed by atoms with van der Waals surface area (Å²) in [5.41, 5.74) is 8.25. The van der Waals surface area contributed by atoms with Gasteiger partial charge >= 0.3 is 0 Å². The van der Waals surface area contributed by atoms with Crippen molar-refractivity contribution in [2.24, 2.45) is 5.73 Å². The molecule has 0 spiro atoms. The van der Waals surface area contributed by atoms with Crippen LogP contribution < -0.4 is 10.6 Å². The van der Waals surface area contributed by atoms with E-state index in [1.54, 1.807) is 0 Å². The van der Waals surface area contributed by atoms with E-state index in [1.165, 1.54) is 5.69 Å². The monoisotopic (exact) mass is 337 g/mol. The number of amides is 1. The van der Waals surface area contributed by atoms with Crippen LogP contribution in [-0.2, 0) is 4.79 Å². The first-order chi connectivity index (χ1) is 9.56. The number of carbonyl (C=O) groups is 1. The fraction of sp³-hybridized carbons (Fsp3) is 0.533. The molecule has 0 aliphatic carbocycles. The maximum absolute atomic E-state index is 11.7. The summed E-state index contributed by atoms with van der Waals surface area (Å²) in [6.07, 6.45) is 1.70. The molecule has 0 bridgehead atoms. The highest BCUT2D eigenvalue weighted by molar-refractivity contribution is 9.10. The van der Waals surface area contributed by atoms with Gasteiger partial charge in [0.15, 0.2) is 0 Å². The predicted octanol–water partition coefficient (Wildman–Crippen LogP) is 2.28. The molecule has 0 radical (unpaired) electrons. The van der Waals surface area contributed by atoms with Gasteiger partial charge in [0.05, 0.1) is 5.69 Å². The zero-order valence-electron chi connectivity index (χ0n) is 11.7. The molecule has 1 aromatic carbocycles. The summed E-state index contributed by atoms with van der Waals surface area (Å²) in [4.78, 5) is 16.1. The van der Waals surface area contributed by atoms with Crippen LogP contribution in [0, 0.1) is 0 Å². The molecule has 20 heavy (non-hydrogen) atoms. The Hall–Kier alpha value is -1.07. The van der Waals surface area contributed by atoms with Crippen LogP contribution in [0.3, 0.4) is 0 Å². The van der Waals surface area contributed by atoms with Gasteiger partial charge < -0.3 is 15.5 Å². The summed E-state index contributed by atoms with van der Waals surface area (Å²) in [6.45, 7) is 4.66. The van der Waals surface area contributed by atoms with Gasteiger partial charge in [-0.3, -0.25) is 4.79 Å². The van der Waals surface area contributed by atoms with E-state index in [9.17, 15) is 4.79 Å². The lowest BCUT2D eigenvalue weighted by Gasteiger charge is -2.39. The van der Waals surface area contributed by atoms with Gasteiger partial charge in [0, 0.05) is 42.6 Å². The molecule has 2 N–H and O–H groups in total. The molecule has 2 aliphatic rings. The van der Waals surface area contributed by atoms with Gasteiger partial charge in [-0.15, -0.1) is 0 Å². The van der Waals surface area contributed by atoms with Crippen molar-refractivity contribution in [2.45, 2.75) is 31.8 Å². The van der Waals surface area contributed by atoms with E-state index >= 15 is 0 Å². The maximum atomic E-state index is 11.7. The van der Waals surface area contributed by atoms with Crippen LogP contribution in [0.1, 0.15) is 31.4 Å². The zero-order valence-corrected chi connectivity index (χ0v) is 13.3. The number of benzene rings is 1. The average molecular weight is 338 g/mol. The second-order valence-corrected chi connectivity index (χ2v) is 6.58. The van der Waals surface area contributed by atoms with E-state index in [0.29, 0.717) is 18.4 Å². The van der Waals surface area contributed by atoms with Gasteiger partial charge in [0.1, 0.15) is 0 Å². The van der Waals surface area contributed by atoms with Crippen LogP contribution >= 0.6 is 15.9 Å². The lowest BCUT2D eigenvalue weighted by atomic mass is 10.1. The van der Waals surface area contributed by atoms with Gasteiger partial charge in [-0.25, -0.2) is 0 Å². The molecule has 0 saturated carbocycles. The van der Waals surface area contributed by atoms with Crippen LogP contribution in [0.4, 0.5) is 5.69 Å². The molecule has 1 amide bonds. The van der Waals surface area contributed by atoms with Crippen molar-refractivity contribution in [1.29, 1.82) is 0 Å². The Morgan fingerprint density at radius 3 is 2.90 bits per heavy atom. The Labute approximate surface area is 128 Å². The molecule has 5 heteroatoms. The van der Waals surface area contributed by atoms with Crippen molar-refractivity contribution in [3.63, 3.8) is 0 Å². The first kappa shape index (κ1) is 13.9. The molecule has 108 valence electrons. The Balaban J connectivity index is 1.79. The third-order valence-corrected chi connectivity index (χ3v) is 4.97. The summed E-state index contributed by atoms with van der Waals surface area (Å²) in [5, 5.41) is 0. The van der Waals surface area contributed by atoms with Crippen LogP contribution in [0.15, 0.2) is 22.7 Å². The molecule has 1 aromatic rings. The molecule has 2 saturated heterocycles. The topological polar surface area (TPSA) is 49.6 Å². The summed E-state index contributed by atoms with van der Waals surface area (Å²) in [5.74, 6) is 0.320. The minimum absolute atomic E-state index is 0.0460. The minimum Gasteiger partial charge on any atom is -0.367 e. The SMILES string of the molecule is CC(N)c1ccc(N2CCN3C(=O)CCC3C2)c(Br)c1. The molecule has 4 nitrogen and oxygen atoms in total. The van der Waals surface area contributed by atoms with E-state index < -0.39 is 0 Å². The lowest BCUT2D eigenvalue weighted by Crippen LogP contribution is -2.51. The number of rotatable bonds is 2. The second-order valence-electron chi connectivity index (χ2n) is 5.73. The van der Waals surface area contributed by atoms with Crippen molar-refractivity contribution in [2.75, 3.05) is 24.5 Å². The largest absolute Gasteiger partial charge is 0.367 e. The summed E-state index contributed by atoms with van der Waals surface area (Å²) >= 11 is 3.66. The number of nitrogens with zero attached hydrogens (tertiary/aromatic N) is 2.